The van der Waals surface area contributed by atoms with Gasteiger partial charge in [0.15, 0.2) is 5.78 Å². The first-order valence-corrected chi connectivity index (χ1v) is 39.7. The molecule has 2 aliphatic heterocycles. The molecule has 0 saturated heterocycles. The molecule has 0 aromatic heterocycles. The van der Waals surface area contributed by atoms with Crippen molar-refractivity contribution in [1.82, 2.24) is 25.8 Å². The second-order valence-electron chi connectivity index (χ2n) is 30.2. The Morgan fingerprint density at radius 2 is 0.565 bits per heavy atom. The maximum Gasteiger partial charge on any atom is 0.255 e. The van der Waals surface area contributed by atoms with Gasteiger partial charge in [-0.25, -0.2) is 0 Å². The van der Waals surface area contributed by atoms with Crippen LogP contribution in [0.3, 0.4) is 0 Å². The zero-order valence-electron chi connectivity index (χ0n) is 62.3. The number of carbonyl (C=O) groups is 6. The molecule has 0 saturated carbocycles. The molecule has 0 fully saturated rings. The molecule has 1 unspecified atom stereocenters. The fourth-order valence-corrected chi connectivity index (χ4v) is 16.7. The van der Waals surface area contributed by atoms with E-state index in [4.69, 9.17) is 0 Å². The molecular formula is C97H103N5O6. The number of nitrogens with zero attached hydrogens (tertiary/aromatic N) is 2. The summed E-state index contributed by atoms with van der Waals surface area (Å²) in [5.41, 5.74) is 13.2. The van der Waals surface area contributed by atoms with Crippen LogP contribution in [0.25, 0.3) is 0 Å². The number of nitrogens with one attached hydrogen (secondary N) is 3. The molecule has 11 heteroatoms. The molecule has 10 aromatic carbocycles. The largest absolute Gasteiger partial charge is 0.353 e. The number of Topliss-reactive ketones (excluding diaryl/α,β-unsaturated/α-hetero) is 1. The molecule has 0 radical (unpaired) electrons. The highest BCUT2D eigenvalue weighted by atomic mass is 16.2. The molecule has 108 heavy (non-hydrogen) atoms. The first kappa shape index (κ1) is 75.5. The van der Waals surface area contributed by atoms with E-state index in [2.05, 4.69) is 162 Å². The standard InChI is InChI=1S/C97H103N5O6/c103-92(88-63-76-49-19-20-50-77(76)64-89(88)93(104)98-83(55-25-43-70-31-7-1-8-32-70)56-26-44-71-33-9-2-10-34-71)87-65-80(96(107)101-68-81-53-23-21-51-78(81)66-90(101)94(105)99-84(57-27-45-72-35-11-3-12-36-72)58-28-46-73-37-13-4-14-38-73)61-62-86(87)97(108)102-69-82-54-24-22-52-79(82)67-91(102)95(106)100-85(59-29-47-74-39-15-5-16-40-74)60-30-48-75-41-17-6-18-42-75/h1-24,31-42,49-54,61-62,65,83-85,88-91H,25-30,43-48,55-60,63-64,66-69H2,(H,98,104)(H,99,105)(H,100,106)/t88?,89-,90-,91-/m0/s1. The van der Waals surface area contributed by atoms with Gasteiger partial charge >= 0.3 is 0 Å². The summed E-state index contributed by atoms with van der Waals surface area (Å²) in [6.07, 6.45) is 15.7. The summed E-state index contributed by atoms with van der Waals surface area (Å²) < 4.78 is 0. The molecule has 13 rings (SSSR count). The molecule has 2 heterocycles. The second-order valence-corrected chi connectivity index (χ2v) is 30.2. The Balaban J connectivity index is 0.846. The summed E-state index contributed by atoms with van der Waals surface area (Å²) >= 11 is 0. The van der Waals surface area contributed by atoms with Crippen molar-refractivity contribution in [2.45, 2.75) is 185 Å². The van der Waals surface area contributed by atoms with Crippen LogP contribution in [-0.2, 0) is 91.7 Å². The minimum Gasteiger partial charge on any atom is -0.353 e. The molecule has 5 amide bonds. The predicted octanol–water partition coefficient (Wildman–Crippen LogP) is 17.6. The van der Waals surface area contributed by atoms with Crippen molar-refractivity contribution in [2.75, 3.05) is 0 Å². The van der Waals surface area contributed by atoms with E-state index in [1.165, 1.54) is 33.4 Å². The van der Waals surface area contributed by atoms with Crippen molar-refractivity contribution < 1.29 is 28.8 Å². The zero-order chi connectivity index (χ0) is 74.2. The van der Waals surface area contributed by atoms with Gasteiger partial charge in [-0.3, -0.25) is 28.8 Å². The normalized spacial score (nSPS) is 15.9. The molecular weight excluding hydrogens is 1330 g/mol. The maximum absolute atomic E-state index is 16.8. The van der Waals surface area contributed by atoms with Gasteiger partial charge in [0.1, 0.15) is 12.1 Å². The van der Waals surface area contributed by atoms with Gasteiger partial charge in [-0.2, -0.15) is 0 Å². The third-order valence-electron chi connectivity index (χ3n) is 22.7. The molecule has 0 bridgehead atoms. The number of aryl methyl sites for hydroxylation is 6. The average molecular weight is 1430 g/mol. The summed E-state index contributed by atoms with van der Waals surface area (Å²) in [7, 11) is 0. The molecule has 3 aliphatic rings. The van der Waals surface area contributed by atoms with E-state index in [9.17, 15) is 0 Å². The first-order chi connectivity index (χ1) is 53.0. The van der Waals surface area contributed by atoms with Gasteiger partial charge < -0.3 is 25.8 Å². The van der Waals surface area contributed by atoms with Crippen molar-refractivity contribution in [3.8, 4) is 0 Å². The smallest absolute Gasteiger partial charge is 0.255 e. The number of hydrogen-bond donors (Lipinski definition) is 3. The summed E-state index contributed by atoms with van der Waals surface area (Å²) in [6, 6.07) is 88.7. The van der Waals surface area contributed by atoms with E-state index in [1.807, 2.05) is 109 Å². The van der Waals surface area contributed by atoms with Gasteiger partial charge in [0.05, 0.1) is 11.5 Å². The van der Waals surface area contributed by atoms with Crippen LogP contribution in [0.1, 0.15) is 175 Å². The number of fused-ring (bicyclic) bond motifs is 3. The molecule has 1 aliphatic carbocycles. The molecule has 0 spiro atoms. The van der Waals surface area contributed by atoms with Gasteiger partial charge in [-0.1, -0.05) is 255 Å². The Hall–Kier alpha value is -10.8. The van der Waals surface area contributed by atoms with Crippen molar-refractivity contribution in [3.05, 3.63) is 356 Å². The molecule has 552 valence electrons. The van der Waals surface area contributed by atoms with E-state index >= 15 is 28.8 Å². The number of ketones is 1. The Kier molecular flexibility index (Phi) is 26.7. The summed E-state index contributed by atoms with van der Waals surface area (Å²) in [4.78, 5) is 99.4. The lowest BCUT2D eigenvalue weighted by Gasteiger charge is -2.38. The highest BCUT2D eigenvalue weighted by Crippen LogP contribution is 2.37. The molecule has 11 nitrogen and oxygen atoms in total. The van der Waals surface area contributed by atoms with Crippen molar-refractivity contribution in [1.29, 1.82) is 0 Å². The van der Waals surface area contributed by atoms with Gasteiger partial charge in [0, 0.05) is 61.1 Å². The SMILES string of the molecule is O=C(c1cc(C(=O)N2Cc3ccccc3C[C@H]2C(=O)NC(CCCc2ccccc2)CCCc2ccccc2)ccc1C(=O)N1Cc2ccccc2C[C@H]1C(=O)NC(CCCc1ccccc1)CCCc1ccccc1)C1Cc2ccccc2C[C@@H]1C(=O)NC(CCCc1ccccc1)CCCc1ccccc1. The monoisotopic (exact) mass is 1430 g/mol. The topological polar surface area (TPSA) is 145 Å². The lowest BCUT2D eigenvalue weighted by molar-refractivity contribution is -0.128. The van der Waals surface area contributed by atoms with Gasteiger partial charge in [0.25, 0.3) is 11.8 Å². The van der Waals surface area contributed by atoms with E-state index in [-0.39, 0.29) is 91.3 Å². The van der Waals surface area contributed by atoms with Crippen molar-refractivity contribution >= 4 is 35.3 Å². The Morgan fingerprint density at radius 3 is 0.898 bits per heavy atom. The number of rotatable bonds is 34. The molecule has 10 aromatic rings. The van der Waals surface area contributed by atoms with E-state index in [1.54, 1.807) is 28.0 Å². The third-order valence-corrected chi connectivity index (χ3v) is 22.7. The average Bonchev–Trinajstić information content (AvgIpc) is 0.767. The number of hydrogen-bond acceptors (Lipinski definition) is 6. The minimum atomic E-state index is -0.962. The van der Waals surface area contributed by atoms with Crippen LogP contribution in [0, 0.1) is 11.8 Å². The van der Waals surface area contributed by atoms with Crippen LogP contribution in [0.15, 0.2) is 273 Å². The van der Waals surface area contributed by atoms with Crippen LogP contribution in [0.5, 0.6) is 0 Å². The number of carbonyl (C=O) groups excluding carboxylic acids is 6. The van der Waals surface area contributed by atoms with Gasteiger partial charge in [0.2, 0.25) is 17.7 Å². The highest BCUT2D eigenvalue weighted by Gasteiger charge is 2.44. The van der Waals surface area contributed by atoms with Crippen molar-refractivity contribution in [2.24, 2.45) is 11.8 Å². The van der Waals surface area contributed by atoms with E-state index in [0.29, 0.717) is 0 Å². The lowest BCUT2D eigenvalue weighted by Crippen LogP contribution is -2.54. The summed E-state index contributed by atoms with van der Waals surface area (Å²) in [5, 5.41) is 10.5. The number of amides is 5. The first-order valence-electron chi connectivity index (χ1n) is 39.7. The predicted molar refractivity (Wildman–Crippen MR) is 431 cm³/mol. The minimum absolute atomic E-state index is 0.00308. The van der Waals surface area contributed by atoms with Crippen LogP contribution in [0.4, 0.5) is 0 Å². The quantitative estimate of drug-likeness (QED) is 0.0343. The fourth-order valence-electron chi connectivity index (χ4n) is 16.7. The lowest BCUT2D eigenvalue weighted by atomic mass is 9.71. The molecule has 3 N–H and O–H groups in total. The summed E-state index contributed by atoms with van der Waals surface area (Å²) in [5.74, 6) is -3.97. The summed E-state index contributed by atoms with van der Waals surface area (Å²) in [6.45, 7) is 0.224. The second kappa shape index (κ2) is 38.2. The van der Waals surface area contributed by atoms with Crippen LogP contribution in [0.2, 0.25) is 0 Å². The van der Waals surface area contributed by atoms with E-state index in [0.717, 1.165) is 149 Å². The van der Waals surface area contributed by atoms with E-state index < -0.39 is 41.5 Å². The van der Waals surface area contributed by atoms with Gasteiger partial charge in [-0.05, 0) is 213 Å². The van der Waals surface area contributed by atoms with Crippen molar-refractivity contribution in [3.63, 3.8) is 0 Å². The molecule has 4 atom stereocenters. The fraction of sp³-hybridized carbons (Fsp3) is 0.320. The Labute approximate surface area is 639 Å². The zero-order valence-corrected chi connectivity index (χ0v) is 62.3. The van der Waals surface area contributed by atoms with Crippen LogP contribution >= 0.6 is 0 Å². The van der Waals surface area contributed by atoms with Crippen LogP contribution < -0.4 is 16.0 Å². The van der Waals surface area contributed by atoms with Gasteiger partial charge in [-0.15, -0.1) is 0 Å². The Morgan fingerprint density at radius 1 is 0.287 bits per heavy atom. The number of benzene rings is 10. The maximum atomic E-state index is 16.8. The Bertz CT molecular complexity index is 4460. The highest BCUT2D eigenvalue weighted by molar-refractivity contribution is 6.12. The third kappa shape index (κ3) is 20.5. The van der Waals surface area contributed by atoms with Crippen LogP contribution in [-0.4, -0.2) is 75.3 Å².